The third-order valence-electron chi connectivity index (χ3n) is 7.70. The molecule has 0 unspecified atom stereocenters. The summed E-state index contributed by atoms with van der Waals surface area (Å²) in [4.78, 5) is 18.1. The van der Waals surface area contributed by atoms with Gasteiger partial charge < -0.3 is 9.97 Å². The molecule has 7 aromatic rings. The van der Waals surface area contributed by atoms with E-state index in [1.807, 2.05) is 18.3 Å². The normalized spacial score (nSPS) is 13.2. The van der Waals surface area contributed by atoms with Crippen LogP contribution < -0.4 is 0 Å². The molecular weight excluding hydrogens is 460 g/mol. The number of nitrogens with one attached hydrogen (secondary N) is 2. The molecule has 0 radical (unpaired) electrons. The van der Waals surface area contributed by atoms with Crippen LogP contribution in [0.25, 0.3) is 64.4 Å². The van der Waals surface area contributed by atoms with E-state index in [4.69, 9.17) is 9.97 Å². The second-order valence-corrected chi connectivity index (χ2v) is 10.9. The van der Waals surface area contributed by atoms with Crippen molar-refractivity contribution < 1.29 is 0 Å². The Morgan fingerprint density at radius 3 is 2.64 bits per heavy atom. The van der Waals surface area contributed by atoms with Crippen LogP contribution in [0, 0.1) is 6.92 Å². The molecule has 4 nitrogen and oxygen atoms in total. The fourth-order valence-corrected chi connectivity index (χ4v) is 7.24. The zero-order chi connectivity index (χ0) is 24.0. The van der Waals surface area contributed by atoms with Gasteiger partial charge in [0.15, 0.2) is 0 Å². The van der Waals surface area contributed by atoms with Crippen LogP contribution in [-0.4, -0.2) is 19.9 Å². The lowest BCUT2D eigenvalue weighted by Crippen LogP contribution is -2.03. The van der Waals surface area contributed by atoms with Gasteiger partial charge in [-0.2, -0.15) is 0 Å². The highest BCUT2D eigenvalue weighted by molar-refractivity contribution is 7.22. The Morgan fingerprint density at radius 1 is 0.861 bits per heavy atom. The summed E-state index contributed by atoms with van der Waals surface area (Å²) in [5, 5.41) is 6.31. The smallest absolute Gasteiger partial charge is 0.106 e. The van der Waals surface area contributed by atoms with Crippen LogP contribution in [0.3, 0.4) is 0 Å². The molecule has 0 fully saturated rings. The number of rotatable bonds is 2. The van der Waals surface area contributed by atoms with Crippen LogP contribution in [0.1, 0.15) is 29.8 Å². The van der Waals surface area contributed by atoms with Crippen molar-refractivity contribution in [3.63, 3.8) is 0 Å². The van der Waals surface area contributed by atoms with Crippen molar-refractivity contribution in [3.05, 3.63) is 83.6 Å². The minimum absolute atomic E-state index is 0.897. The molecule has 0 saturated heterocycles. The highest BCUT2D eigenvalue weighted by atomic mass is 32.1. The maximum atomic E-state index is 4.92. The average Bonchev–Trinajstić information content (AvgIpc) is 3.64. The Hall–Kier alpha value is -3.96. The lowest BCUT2D eigenvalue weighted by atomic mass is 9.91. The maximum Gasteiger partial charge on any atom is 0.106 e. The summed E-state index contributed by atoms with van der Waals surface area (Å²) in [6.07, 6.45) is 2.98. The lowest BCUT2D eigenvalue weighted by molar-refractivity contribution is 0.913. The summed E-state index contributed by atoms with van der Waals surface area (Å²) < 4.78 is 1.40. The van der Waals surface area contributed by atoms with Crippen LogP contribution >= 0.6 is 11.3 Å². The van der Waals surface area contributed by atoms with Crippen molar-refractivity contribution in [1.82, 2.24) is 19.9 Å². The molecule has 5 heteroatoms. The van der Waals surface area contributed by atoms with Gasteiger partial charge in [-0.1, -0.05) is 55.5 Å². The standard InChI is InChI=1S/C31H24N4S/c1-3-27-34-29-20-7-5-4-6-19(20)24-14-17(8-10-22(24)30(29)35-27)26-15-18-9-11-21-23(31(18)36-26)12-13-25-28(21)33-16(2)32-25/h4-11,14-15H,3,12-13H2,1-2H3,(H,32,33)(H,34,35). The molecule has 0 spiro atoms. The summed E-state index contributed by atoms with van der Waals surface area (Å²) in [5.74, 6) is 2.04. The quantitative estimate of drug-likeness (QED) is 0.244. The lowest BCUT2D eigenvalue weighted by Gasteiger charge is -2.15. The van der Waals surface area contributed by atoms with Crippen LogP contribution in [0.2, 0.25) is 0 Å². The zero-order valence-electron chi connectivity index (χ0n) is 20.2. The first-order valence-electron chi connectivity index (χ1n) is 12.6. The number of thiophene rings is 1. The Kier molecular flexibility index (Phi) is 4.09. The molecule has 1 aliphatic rings. The van der Waals surface area contributed by atoms with Crippen LogP contribution in [0.5, 0.6) is 0 Å². The summed E-state index contributed by atoms with van der Waals surface area (Å²) in [5.41, 5.74) is 8.63. The summed E-state index contributed by atoms with van der Waals surface area (Å²) in [7, 11) is 0. The van der Waals surface area contributed by atoms with E-state index in [1.54, 1.807) is 0 Å². The number of imidazole rings is 2. The van der Waals surface area contributed by atoms with Crippen LogP contribution in [0.15, 0.2) is 60.7 Å². The Balaban J connectivity index is 1.35. The second-order valence-electron chi connectivity index (χ2n) is 9.84. The van der Waals surface area contributed by atoms with Gasteiger partial charge in [-0.05, 0) is 59.2 Å². The van der Waals surface area contributed by atoms with Gasteiger partial charge in [-0.15, -0.1) is 11.3 Å². The third-order valence-corrected chi connectivity index (χ3v) is 8.96. The number of aromatic amines is 2. The Morgan fingerprint density at radius 2 is 1.75 bits per heavy atom. The van der Waals surface area contributed by atoms with Crippen molar-refractivity contribution in [3.8, 4) is 21.7 Å². The number of hydrogen-bond donors (Lipinski definition) is 2. The molecule has 4 aromatic carbocycles. The van der Waals surface area contributed by atoms with Gasteiger partial charge in [0.2, 0.25) is 0 Å². The fraction of sp³-hybridized carbons (Fsp3) is 0.161. The minimum Gasteiger partial charge on any atom is -0.346 e. The number of aryl methyl sites for hydroxylation is 4. The summed E-state index contributed by atoms with van der Waals surface area (Å²) in [6, 6.07) is 22.5. The third kappa shape index (κ3) is 2.75. The largest absolute Gasteiger partial charge is 0.346 e. The molecule has 1 aliphatic carbocycles. The first-order chi connectivity index (χ1) is 17.7. The Labute approximate surface area is 212 Å². The van der Waals surface area contributed by atoms with Gasteiger partial charge >= 0.3 is 0 Å². The van der Waals surface area contributed by atoms with E-state index in [1.165, 1.54) is 58.9 Å². The predicted molar refractivity (Wildman–Crippen MR) is 151 cm³/mol. The van der Waals surface area contributed by atoms with Gasteiger partial charge in [-0.25, -0.2) is 9.97 Å². The van der Waals surface area contributed by atoms with E-state index in [0.717, 1.165) is 47.6 Å². The number of hydrogen-bond acceptors (Lipinski definition) is 3. The number of aromatic nitrogens is 4. The SMILES string of the molecule is CCc1nc2c3ccccc3c3cc(-c4cc5ccc6c(c5s4)CCc4[nH]c(C)nc4-6)ccc3c2[nH]1. The van der Waals surface area contributed by atoms with Crippen molar-refractivity contribution in [1.29, 1.82) is 0 Å². The molecule has 2 N–H and O–H groups in total. The number of nitrogens with zero attached hydrogens (tertiary/aromatic N) is 2. The van der Waals surface area contributed by atoms with Gasteiger partial charge in [0.1, 0.15) is 11.6 Å². The van der Waals surface area contributed by atoms with Crippen molar-refractivity contribution >= 4 is 54.0 Å². The van der Waals surface area contributed by atoms with E-state index < -0.39 is 0 Å². The van der Waals surface area contributed by atoms with Gasteiger partial charge in [-0.3, -0.25) is 0 Å². The number of benzene rings is 4. The van der Waals surface area contributed by atoms with E-state index in [-0.39, 0.29) is 0 Å². The summed E-state index contributed by atoms with van der Waals surface area (Å²) >= 11 is 1.91. The van der Waals surface area contributed by atoms with Crippen molar-refractivity contribution in [2.45, 2.75) is 33.1 Å². The van der Waals surface area contributed by atoms with Crippen molar-refractivity contribution in [2.24, 2.45) is 0 Å². The molecule has 0 aliphatic heterocycles. The van der Waals surface area contributed by atoms with E-state index >= 15 is 0 Å². The van der Waals surface area contributed by atoms with Gasteiger partial charge in [0, 0.05) is 38.0 Å². The average molecular weight is 485 g/mol. The highest BCUT2D eigenvalue weighted by Gasteiger charge is 2.23. The zero-order valence-corrected chi connectivity index (χ0v) is 21.0. The molecule has 0 saturated carbocycles. The summed E-state index contributed by atoms with van der Waals surface area (Å²) in [6.45, 7) is 4.19. The molecule has 3 heterocycles. The first kappa shape index (κ1) is 20.3. The van der Waals surface area contributed by atoms with Gasteiger partial charge in [0.05, 0.1) is 16.7 Å². The van der Waals surface area contributed by atoms with E-state index in [2.05, 4.69) is 77.6 Å². The van der Waals surface area contributed by atoms with Crippen LogP contribution in [-0.2, 0) is 19.3 Å². The predicted octanol–water partition coefficient (Wildman–Crippen LogP) is 8.11. The fourth-order valence-electron chi connectivity index (χ4n) is 6.01. The monoisotopic (exact) mass is 484 g/mol. The molecule has 0 amide bonds. The number of fused-ring (bicyclic) bond motifs is 11. The molecule has 36 heavy (non-hydrogen) atoms. The van der Waals surface area contributed by atoms with Crippen molar-refractivity contribution in [2.75, 3.05) is 0 Å². The highest BCUT2D eigenvalue weighted by Crippen LogP contribution is 2.43. The molecule has 8 rings (SSSR count). The first-order valence-corrected chi connectivity index (χ1v) is 13.4. The molecular formula is C31H24N4S. The van der Waals surface area contributed by atoms with E-state index in [9.17, 15) is 0 Å². The molecule has 174 valence electrons. The number of H-pyrrole nitrogens is 2. The maximum absolute atomic E-state index is 4.92. The molecule has 0 atom stereocenters. The van der Waals surface area contributed by atoms with Crippen LogP contribution in [0.4, 0.5) is 0 Å². The molecule has 3 aromatic heterocycles. The molecule has 0 bridgehead atoms. The second kappa shape index (κ2) is 7.28. The topological polar surface area (TPSA) is 57.4 Å². The van der Waals surface area contributed by atoms with Gasteiger partial charge in [0.25, 0.3) is 0 Å². The minimum atomic E-state index is 0.897. The Bertz CT molecular complexity index is 2000. The van der Waals surface area contributed by atoms with E-state index in [0.29, 0.717) is 0 Å².